The van der Waals surface area contributed by atoms with Crippen LogP contribution in [0.5, 0.6) is 5.75 Å². The Bertz CT molecular complexity index is 464. The molecule has 1 aromatic heterocycles. The van der Waals surface area contributed by atoms with Crippen LogP contribution >= 0.6 is 22.9 Å². The molecule has 0 aliphatic heterocycles. The Morgan fingerprint density at radius 3 is 2.86 bits per heavy atom. The van der Waals surface area contributed by atoms with Crippen molar-refractivity contribution in [3.05, 3.63) is 28.1 Å². The maximum atomic E-state index is 9.01. The molecular weight excluding hydrogens is 220 g/mol. The van der Waals surface area contributed by atoms with Crippen LogP contribution in [0.25, 0.3) is 10.1 Å². The summed E-state index contributed by atoms with van der Waals surface area (Å²) in [5.74, 6) is 0.753. The number of halogens is 1. The lowest BCUT2D eigenvalue weighted by atomic mass is 10.2. The average molecular weight is 229 g/mol. The molecule has 1 heterocycles. The zero-order valence-electron chi connectivity index (χ0n) is 7.58. The number of aliphatic hydroxyl groups is 1. The molecule has 4 heteroatoms. The summed E-state index contributed by atoms with van der Waals surface area (Å²) >= 11 is 7.45. The van der Waals surface area contributed by atoms with Gasteiger partial charge in [0.25, 0.3) is 0 Å². The topological polar surface area (TPSA) is 29.5 Å². The number of hydrogen-bond donors (Lipinski definition) is 1. The number of ether oxygens (including phenoxy) is 1. The molecule has 2 rings (SSSR count). The Balaban J connectivity index is 2.71. The van der Waals surface area contributed by atoms with Crippen molar-refractivity contribution in [1.29, 1.82) is 0 Å². The Hall–Kier alpha value is -0.770. The van der Waals surface area contributed by atoms with Crippen LogP contribution in [0.15, 0.2) is 18.2 Å². The molecular formula is C10H9ClO2S. The zero-order valence-corrected chi connectivity index (χ0v) is 9.15. The molecule has 74 valence electrons. The molecule has 1 aromatic carbocycles. The van der Waals surface area contributed by atoms with Crippen molar-refractivity contribution in [2.75, 3.05) is 7.11 Å². The Morgan fingerprint density at radius 2 is 2.21 bits per heavy atom. The molecule has 0 radical (unpaired) electrons. The van der Waals surface area contributed by atoms with Gasteiger partial charge in [0.1, 0.15) is 5.75 Å². The molecule has 0 atom stereocenters. The van der Waals surface area contributed by atoms with Crippen LogP contribution in [0.1, 0.15) is 4.88 Å². The van der Waals surface area contributed by atoms with Gasteiger partial charge < -0.3 is 9.84 Å². The first-order valence-corrected chi connectivity index (χ1v) is 5.31. The summed E-state index contributed by atoms with van der Waals surface area (Å²) in [5, 5.41) is 10.7. The third kappa shape index (κ3) is 1.59. The third-order valence-corrected chi connectivity index (χ3v) is 3.28. The molecule has 0 fully saturated rings. The molecule has 2 aromatic rings. The van der Waals surface area contributed by atoms with E-state index in [1.54, 1.807) is 13.2 Å². The maximum Gasteiger partial charge on any atom is 0.129 e. The molecule has 0 bridgehead atoms. The highest BCUT2D eigenvalue weighted by atomic mass is 35.5. The first kappa shape index (κ1) is 9.77. The zero-order chi connectivity index (χ0) is 10.1. The van der Waals surface area contributed by atoms with Crippen LogP contribution in [0.3, 0.4) is 0 Å². The average Bonchev–Trinajstić information content (AvgIpc) is 2.59. The quantitative estimate of drug-likeness (QED) is 0.856. The highest BCUT2D eigenvalue weighted by Crippen LogP contribution is 2.35. The minimum Gasteiger partial charge on any atom is -0.496 e. The van der Waals surface area contributed by atoms with Crippen LogP contribution in [0, 0.1) is 0 Å². The number of methoxy groups -OCH3 is 1. The number of thiophene rings is 1. The minimum absolute atomic E-state index is 0.0557. The first-order chi connectivity index (χ1) is 6.74. The van der Waals surface area contributed by atoms with E-state index < -0.39 is 0 Å². The largest absolute Gasteiger partial charge is 0.496 e. The number of fused-ring (bicyclic) bond motifs is 1. The van der Waals surface area contributed by atoms with Crippen LogP contribution < -0.4 is 4.74 Å². The van der Waals surface area contributed by atoms with Gasteiger partial charge in [-0.1, -0.05) is 11.6 Å². The molecule has 0 saturated carbocycles. The first-order valence-electron chi connectivity index (χ1n) is 4.11. The van der Waals surface area contributed by atoms with Gasteiger partial charge in [0.2, 0.25) is 0 Å². The predicted molar refractivity (Wildman–Crippen MR) is 59.3 cm³/mol. The normalized spacial score (nSPS) is 10.8. The summed E-state index contributed by atoms with van der Waals surface area (Å²) in [6.07, 6.45) is 0. The lowest BCUT2D eigenvalue weighted by molar-refractivity contribution is 0.285. The number of aliphatic hydroxyl groups excluding tert-OH is 1. The van der Waals surface area contributed by atoms with Crippen molar-refractivity contribution in [2.45, 2.75) is 6.61 Å². The van der Waals surface area contributed by atoms with Crippen molar-refractivity contribution in [1.82, 2.24) is 0 Å². The smallest absolute Gasteiger partial charge is 0.129 e. The fourth-order valence-electron chi connectivity index (χ4n) is 1.37. The molecule has 1 N–H and O–H groups in total. The van der Waals surface area contributed by atoms with E-state index in [2.05, 4.69) is 0 Å². The molecule has 14 heavy (non-hydrogen) atoms. The Kier molecular flexibility index (Phi) is 2.63. The number of rotatable bonds is 2. The SMILES string of the molecule is COc1cc(Cl)cc2sc(CO)cc12. The molecule has 0 aliphatic carbocycles. The second-order valence-electron chi connectivity index (χ2n) is 2.89. The Morgan fingerprint density at radius 1 is 1.43 bits per heavy atom. The van der Waals surface area contributed by atoms with Gasteiger partial charge in [0.15, 0.2) is 0 Å². The second kappa shape index (κ2) is 3.77. The summed E-state index contributed by atoms with van der Waals surface area (Å²) in [5.41, 5.74) is 0. The van der Waals surface area contributed by atoms with Crippen molar-refractivity contribution in [3.8, 4) is 5.75 Å². The summed E-state index contributed by atoms with van der Waals surface area (Å²) in [6.45, 7) is 0.0557. The standard InChI is InChI=1S/C10H9ClO2S/c1-13-9-2-6(11)3-10-8(9)4-7(5-12)14-10/h2-4,12H,5H2,1H3. The van der Waals surface area contributed by atoms with Gasteiger partial charge in [-0.15, -0.1) is 11.3 Å². The van der Waals surface area contributed by atoms with E-state index in [4.69, 9.17) is 21.4 Å². The highest BCUT2D eigenvalue weighted by molar-refractivity contribution is 7.19. The second-order valence-corrected chi connectivity index (χ2v) is 4.50. The molecule has 0 aliphatic rings. The van der Waals surface area contributed by atoms with Crippen molar-refractivity contribution >= 4 is 33.0 Å². The third-order valence-electron chi connectivity index (χ3n) is 1.99. The fraction of sp³-hybridized carbons (Fsp3) is 0.200. The van der Waals surface area contributed by atoms with Crippen LogP contribution in [0.2, 0.25) is 5.02 Å². The van der Waals surface area contributed by atoms with E-state index in [1.807, 2.05) is 12.1 Å². The lowest BCUT2D eigenvalue weighted by Gasteiger charge is -2.01. The summed E-state index contributed by atoms with van der Waals surface area (Å²) < 4.78 is 6.25. The van der Waals surface area contributed by atoms with Gasteiger partial charge >= 0.3 is 0 Å². The van der Waals surface area contributed by atoms with E-state index in [1.165, 1.54) is 11.3 Å². The van der Waals surface area contributed by atoms with Crippen molar-refractivity contribution in [2.24, 2.45) is 0 Å². The van der Waals surface area contributed by atoms with E-state index >= 15 is 0 Å². The lowest BCUT2D eigenvalue weighted by Crippen LogP contribution is -1.82. The molecule has 0 spiro atoms. The molecule has 2 nitrogen and oxygen atoms in total. The van der Waals surface area contributed by atoms with Gasteiger partial charge in [-0.25, -0.2) is 0 Å². The van der Waals surface area contributed by atoms with Gasteiger partial charge in [-0.3, -0.25) is 0 Å². The number of hydrogen-bond acceptors (Lipinski definition) is 3. The molecule has 0 amide bonds. The Labute approximate surface area is 90.7 Å². The monoisotopic (exact) mass is 228 g/mol. The van der Waals surface area contributed by atoms with Gasteiger partial charge in [0, 0.05) is 20.0 Å². The summed E-state index contributed by atoms with van der Waals surface area (Å²) in [7, 11) is 1.61. The number of benzene rings is 1. The van der Waals surface area contributed by atoms with Gasteiger partial charge in [0.05, 0.1) is 13.7 Å². The van der Waals surface area contributed by atoms with E-state index in [0.29, 0.717) is 5.02 Å². The molecule has 0 saturated heterocycles. The predicted octanol–water partition coefficient (Wildman–Crippen LogP) is 3.06. The molecule has 0 unspecified atom stereocenters. The minimum atomic E-state index is 0.0557. The fourth-order valence-corrected chi connectivity index (χ4v) is 2.63. The maximum absolute atomic E-state index is 9.01. The van der Waals surface area contributed by atoms with Gasteiger partial charge in [-0.2, -0.15) is 0 Å². The van der Waals surface area contributed by atoms with Crippen LogP contribution in [-0.4, -0.2) is 12.2 Å². The van der Waals surface area contributed by atoms with E-state index in [-0.39, 0.29) is 6.61 Å². The van der Waals surface area contributed by atoms with Crippen LogP contribution in [-0.2, 0) is 6.61 Å². The van der Waals surface area contributed by atoms with Crippen LogP contribution in [0.4, 0.5) is 0 Å². The summed E-state index contributed by atoms with van der Waals surface area (Å²) in [6, 6.07) is 5.58. The highest BCUT2D eigenvalue weighted by Gasteiger charge is 2.07. The van der Waals surface area contributed by atoms with E-state index in [9.17, 15) is 0 Å². The van der Waals surface area contributed by atoms with Crippen molar-refractivity contribution < 1.29 is 9.84 Å². The van der Waals surface area contributed by atoms with Gasteiger partial charge in [-0.05, 0) is 18.2 Å². The van der Waals surface area contributed by atoms with Crippen molar-refractivity contribution in [3.63, 3.8) is 0 Å². The van der Waals surface area contributed by atoms with E-state index in [0.717, 1.165) is 20.7 Å². The summed E-state index contributed by atoms with van der Waals surface area (Å²) in [4.78, 5) is 0.917.